The summed E-state index contributed by atoms with van der Waals surface area (Å²) in [5.74, 6) is -0.439. The van der Waals surface area contributed by atoms with Gasteiger partial charge in [-0.2, -0.15) is 0 Å². The van der Waals surface area contributed by atoms with E-state index in [-0.39, 0.29) is 31.0 Å². The Balaban J connectivity index is 1.71. The zero-order valence-corrected chi connectivity index (χ0v) is 17.0. The molecule has 0 N–H and O–H groups in total. The third-order valence-electron chi connectivity index (χ3n) is 5.09. The second-order valence-corrected chi connectivity index (χ2v) is 7.21. The SMILES string of the molecule is COc1ccc(CN(C)C(=O)CCc2c(C)c3ccc(C)cc3oc2=O)cc1F. The molecule has 6 heteroatoms. The summed E-state index contributed by atoms with van der Waals surface area (Å²) in [6, 6.07) is 10.3. The number of methoxy groups -OCH3 is 1. The Labute approximate surface area is 168 Å². The van der Waals surface area contributed by atoms with Gasteiger partial charge in [-0.15, -0.1) is 0 Å². The molecule has 1 heterocycles. The number of rotatable bonds is 6. The average Bonchev–Trinajstić information content (AvgIpc) is 2.67. The van der Waals surface area contributed by atoms with Crippen LogP contribution in [0.5, 0.6) is 5.75 Å². The van der Waals surface area contributed by atoms with Gasteiger partial charge in [-0.3, -0.25) is 4.79 Å². The molecule has 3 aromatic rings. The lowest BCUT2D eigenvalue weighted by Gasteiger charge is -2.18. The van der Waals surface area contributed by atoms with Gasteiger partial charge in [-0.25, -0.2) is 9.18 Å². The van der Waals surface area contributed by atoms with Crippen molar-refractivity contribution in [2.24, 2.45) is 0 Å². The zero-order valence-electron chi connectivity index (χ0n) is 17.0. The van der Waals surface area contributed by atoms with E-state index in [2.05, 4.69) is 0 Å². The van der Waals surface area contributed by atoms with Gasteiger partial charge in [0.05, 0.1) is 7.11 Å². The highest BCUT2D eigenvalue weighted by molar-refractivity contribution is 5.82. The van der Waals surface area contributed by atoms with Crippen molar-refractivity contribution in [1.29, 1.82) is 0 Å². The van der Waals surface area contributed by atoms with E-state index in [1.54, 1.807) is 13.1 Å². The molecule has 5 nitrogen and oxygen atoms in total. The Morgan fingerprint density at radius 3 is 2.62 bits per heavy atom. The first-order chi connectivity index (χ1) is 13.8. The van der Waals surface area contributed by atoms with E-state index < -0.39 is 11.4 Å². The molecule has 0 bridgehead atoms. The fourth-order valence-electron chi connectivity index (χ4n) is 3.38. The van der Waals surface area contributed by atoms with Crippen molar-refractivity contribution in [2.45, 2.75) is 33.2 Å². The normalized spacial score (nSPS) is 10.9. The summed E-state index contributed by atoms with van der Waals surface area (Å²) in [5, 5.41) is 0.875. The molecule has 0 saturated carbocycles. The van der Waals surface area contributed by atoms with Crippen LogP contribution in [0.4, 0.5) is 4.39 Å². The quantitative estimate of drug-likeness (QED) is 0.587. The van der Waals surface area contributed by atoms with Crippen LogP contribution in [-0.4, -0.2) is 25.0 Å². The van der Waals surface area contributed by atoms with Gasteiger partial charge >= 0.3 is 5.63 Å². The number of amides is 1. The molecule has 0 saturated heterocycles. The Morgan fingerprint density at radius 2 is 1.93 bits per heavy atom. The van der Waals surface area contributed by atoms with Gasteiger partial charge in [-0.1, -0.05) is 18.2 Å². The first kappa shape index (κ1) is 20.6. The van der Waals surface area contributed by atoms with E-state index in [4.69, 9.17) is 9.15 Å². The second kappa shape index (κ2) is 8.47. The predicted octanol–water partition coefficient (Wildman–Crippen LogP) is 4.15. The highest BCUT2D eigenvalue weighted by Gasteiger charge is 2.16. The minimum atomic E-state index is -0.467. The molecule has 0 aliphatic carbocycles. The third kappa shape index (κ3) is 4.47. The van der Waals surface area contributed by atoms with Crippen LogP contribution in [0, 0.1) is 19.7 Å². The van der Waals surface area contributed by atoms with Crippen molar-refractivity contribution < 1.29 is 18.3 Å². The van der Waals surface area contributed by atoms with Crippen molar-refractivity contribution in [3.8, 4) is 5.75 Å². The highest BCUT2D eigenvalue weighted by atomic mass is 19.1. The van der Waals surface area contributed by atoms with E-state index in [1.165, 1.54) is 24.1 Å². The van der Waals surface area contributed by atoms with E-state index >= 15 is 0 Å². The van der Waals surface area contributed by atoms with Gasteiger partial charge in [0.25, 0.3) is 0 Å². The molecule has 0 fully saturated rings. The van der Waals surface area contributed by atoms with Crippen molar-refractivity contribution in [1.82, 2.24) is 4.90 Å². The summed E-state index contributed by atoms with van der Waals surface area (Å²) in [6.07, 6.45) is 0.455. The summed E-state index contributed by atoms with van der Waals surface area (Å²) in [4.78, 5) is 26.4. The second-order valence-electron chi connectivity index (χ2n) is 7.21. The first-order valence-electron chi connectivity index (χ1n) is 9.39. The van der Waals surface area contributed by atoms with Gasteiger partial charge in [-0.05, 0) is 55.2 Å². The van der Waals surface area contributed by atoms with Crippen LogP contribution in [0.3, 0.4) is 0 Å². The Hall–Kier alpha value is -3.15. The van der Waals surface area contributed by atoms with Gasteiger partial charge in [0.1, 0.15) is 5.58 Å². The standard InChI is InChI=1S/C23H24FNO4/c1-14-5-7-17-15(2)18(23(27)29-21(17)11-14)8-10-22(26)25(3)13-16-6-9-20(28-4)19(24)12-16/h5-7,9,11-12H,8,10,13H2,1-4H3. The van der Waals surface area contributed by atoms with Crippen LogP contribution < -0.4 is 10.4 Å². The molecule has 0 aliphatic heterocycles. The molecular formula is C23H24FNO4. The molecule has 0 atom stereocenters. The fourth-order valence-corrected chi connectivity index (χ4v) is 3.38. The molecule has 0 spiro atoms. The fraction of sp³-hybridized carbons (Fsp3) is 0.304. The molecule has 1 amide bonds. The van der Waals surface area contributed by atoms with E-state index in [0.29, 0.717) is 16.7 Å². The van der Waals surface area contributed by atoms with Gasteiger partial charge in [0.2, 0.25) is 5.91 Å². The smallest absolute Gasteiger partial charge is 0.339 e. The van der Waals surface area contributed by atoms with Crippen molar-refractivity contribution in [3.05, 3.63) is 74.9 Å². The maximum atomic E-state index is 13.8. The molecule has 0 aliphatic rings. The maximum absolute atomic E-state index is 13.8. The molecule has 1 aromatic heterocycles. The molecule has 3 rings (SSSR count). The van der Waals surface area contributed by atoms with Crippen LogP contribution in [0.2, 0.25) is 0 Å². The minimum absolute atomic E-state index is 0.135. The number of nitrogens with zero attached hydrogens (tertiary/aromatic N) is 1. The minimum Gasteiger partial charge on any atom is -0.494 e. The Morgan fingerprint density at radius 1 is 1.17 bits per heavy atom. The van der Waals surface area contributed by atoms with Crippen LogP contribution in [0.1, 0.15) is 28.7 Å². The molecular weight excluding hydrogens is 373 g/mol. The van der Waals surface area contributed by atoms with Crippen LogP contribution in [0.25, 0.3) is 11.0 Å². The molecule has 29 heavy (non-hydrogen) atoms. The lowest BCUT2D eigenvalue weighted by molar-refractivity contribution is -0.130. The lowest BCUT2D eigenvalue weighted by Crippen LogP contribution is -2.27. The Kier molecular flexibility index (Phi) is 6.01. The number of benzene rings is 2. The van der Waals surface area contributed by atoms with E-state index in [9.17, 15) is 14.0 Å². The Bertz CT molecular complexity index is 1120. The largest absolute Gasteiger partial charge is 0.494 e. The topological polar surface area (TPSA) is 59.8 Å². The van der Waals surface area contributed by atoms with Crippen molar-refractivity contribution in [2.75, 3.05) is 14.2 Å². The van der Waals surface area contributed by atoms with E-state index in [0.717, 1.165) is 16.5 Å². The summed E-state index contributed by atoms with van der Waals surface area (Å²) >= 11 is 0. The van der Waals surface area contributed by atoms with Crippen LogP contribution in [0.15, 0.2) is 45.6 Å². The number of ether oxygens (including phenoxy) is 1. The summed E-state index contributed by atoms with van der Waals surface area (Å²) < 4.78 is 24.2. The summed E-state index contributed by atoms with van der Waals surface area (Å²) in [6.45, 7) is 4.08. The predicted molar refractivity (Wildman–Crippen MR) is 110 cm³/mol. The van der Waals surface area contributed by atoms with Crippen molar-refractivity contribution >= 4 is 16.9 Å². The number of hydrogen-bond acceptors (Lipinski definition) is 4. The number of carbonyl (C=O) groups excluding carboxylic acids is 1. The lowest BCUT2D eigenvalue weighted by atomic mass is 10.0. The van der Waals surface area contributed by atoms with E-state index in [1.807, 2.05) is 32.0 Å². The van der Waals surface area contributed by atoms with Crippen LogP contribution in [-0.2, 0) is 17.8 Å². The molecule has 0 radical (unpaired) electrons. The summed E-state index contributed by atoms with van der Waals surface area (Å²) in [7, 11) is 3.06. The monoisotopic (exact) mass is 397 g/mol. The van der Waals surface area contributed by atoms with Gasteiger partial charge in [0, 0.05) is 31.0 Å². The van der Waals surface area contributed by atoms with Crippen LogP contribution >= 0.6 is 0 Å². The summed E-state index contributed by atoms with van der Waals surface area (Å²) in [5.41, 5.74) is 3.17. The average molecular weight is 397 g/mol. The molecule has 0 unspecified atom stereocenters. The third-order valence-corrected chi connectivity index (χ3v) is 5.09. The van der Waals surface area contributed by atoms with Crippen molar-refractivity contribution in [3.63, 3.8) is 0 Å². The maximum Gasteiger partial charge on any atom is 0.339 e. The van der Waals surface area contributed by atoms with Gasteiger partial charge in [0.15, 0.2) is 11.6 Å². The zero-order chi connectivity index (χ0) is 21.1. The highest BCUT2D eigenvalue weighted by Crippen LogP contribution is 2.22. The number of aryl methyl sites for hydroxylation is 2. The molecule has 152 valence electrons. The molecule has 2 aromatic carbocycles. The number of halogens is 1. The van der Waals surface area contributed by atoms with Gasteiger partial charge < -0.3 is 14.1 Å². The number of carbonyl (C=O) groups is 1. The number of hydrogen-bond donors (Lipinski definition) is 0. The first-order valence-corrected chi connectivity index (χ1v) is 9.39. The number of fused-ring (bicyclic) bond motifs is 1.